The van der Waals surface area contributed by atoms with Crippen molar-refractivity contribution in [3.05, 3.63) is 47.3 Å². The number of benzene rings is 1. The third kappa shape index (κ3) is 2.42. The van der Waals surface area contributed by atoms with Crippen molar-refractivity contribution in [2.45, 2.75) is 45.1 Å². The zero-order valence-corrected chi connectivity index (χ0v) is 11.5. The van der Waals surface area contributed by atoms with Crippen LogP contribution in [-0.2, 0) is 21.6 Å². The van der Waals surface area contributed by atoms with Crippen LogP contribution in [0.3, 0.4) is 0 Å². The quantitative estimate of drug-likeness (QED) is 0.610. The molecule has 3 heteroatoms. The summed E-state index contributed by atoms with van der Waals surface area (Å²) < 4.78 is 19.8. The molecule has 0 N–H and O–H groups in total. The van der Waals surface area contributed by atoms with E-state index in [0.29, 0.717) is 24.0 Å². The number of hydrogen-bond acceptors (Lipinski definition) is 2. The summed E-state index contributed by atoms with van der Waals surface area (Å²) in [6.45, 7) is 7.13. The zero-order chi connectivity index (χ0) is 14.0. The maximum absolute atomic E-state index is 14.2. The molecule has 2 rings (SSSR count). The van der Waals surface area contributed by atoms with Crippen LogP contribution in [0.1, 0.15) is 44.2 Å². The molecule has 1 atom stereocenters. The van der Waals surface area contributed by atoms with Crippen molar-refractivity contribution in [3.63, 3.8) is 0 Å². The highest BCUT2D eigenvalue weighted by molar-refractivity contribution is 5.87. The van der Waals surface area contributed by atoms with Gasteiger partial charge in [0, 0.05) is 11.1 Å². The van der Waals surface area contributed by atoms with E-state index in [9.17, 15) is 9.18 Å². The number of ether oxygens (including phenoxy) is 1. The van der Waals surface area contributed by atoms with Crippen LogP contribution in [0, 0.1) is 5.82 Å². The second kappa shape index (κ2) is 5.16. The maximum Gasteiger partial charge on any atom is 0.334 e. The molecule has 1 aromatic carbocycles. The molecule has 0 aliphatic heterocycles. The van der Waals surface area contributed by atoms with E-state index >= 15 is 0 Å². The first-order chi connectivity index (χ1) is 9.00. The average molecular weight is 262 g/mol. The lowest BCUT2D eigenvalue weighted by Gasteiger charge is -2.38. The minimum atomic E-state index is -0.838. The number of carbonyl (C=O) groups is 1. The Bertz CT molecular complexity index is 521. The van der Waals surface area contributed by atoms with Gasteiger partial charge in [0.15, 0.2) is 0 Å². The Kier molecular flexibility index (Phi) is 3.74. The van der Waals surface area contributed by atoms with Crippen LogP contribution in [0.15, 0.2) is 30.4 Å². The lowest BCUT2D eigenvalue weighted by atomic mass is 9.77. The van der Waals surface area contributed by atoms with Crippen LogP contribution in [0.5, 0.6) is 0 Å². The summed E-state index contributed by atoms with van der Waals surface area (Å²) >= 11 is 0. The molecule has 1 aliphatic carbocycles. The van der Waals surface area contributed by atoms with E-state index in [4.69, 9.17) is 4.74 Å². The van der Waals surface area contributed by atoms with Gasteiger partial charge in [0.25, 0.3) is 0 Å². The van der Waals surface area contributed by atoms with Gasteiger partial charge >= 0.3 is 5.97 Å². The van der Waals surface area contributed by atoms with E-state index < -0.39 is 11.6 Å². The third-order valence-corrected chi connectivity index (χ3v) is 3.79. The lowest BCUT2D eigenvalue weighted by molar-refractivity contribution is -0.158. The molecule has 0 radical (unpaired) electrons. The first kappa shape index (κ1) is 13.8. The second-order valence-corrected chi connectivity index (χ2v) is 5.15. The number of esters is 1. The molecular weight excluding hydrogens is 243 g/mol. The van der Waals surface area contributed by atoms with Crippen molar-refractivity contribution in [2.24, 2.45) is 0 Å². The van der Waals surface area contributed by atoms with E-state index in [1.165, 1.54) is 6.07 Å². The van der Waals surface area contributed by atoms with Crippen molar-refractivity contribution in [1.82, 2.24) is 0 Å². The molecule has 0 aromatic heterocycles. The van der Waals surface area contributed by atoms with E-state index in [0.717, 1.165) is 18.4 Å². The molecular formula is C16H19FO2. The van der Waals surface area contributed by atoms with Gasteiger partial charge in [-0.25, -0.2) is 9.18 Å². The van der Waals surface area contributed by atoms with E-state index in [1.54, 1.807) is 13.0 Å². The Morgan fingerprint density at radius 2 is 2.26 bits per heavy atom. The summed E-state index contributed by atoms with van der Waals surface area (Å²) in [5, 5.41) is 0. The standard InChI is InChI=1S/C16H19FO2/c1-4-16(19-15(18)11(2)3)10-6-8-12-7-5-9-13(17)14(12)16/h5,7,9H,2,4,6,8,10H2,1,3H3. The summed E-state index contributed by atoms with van der Waals surface area (Å²) in [4.78, 5) is 11.9. The van der Waals surface area contributed by atoms with E-state index in [2.05, 4.69) is 6.58 Å². The molecule has 0 saturated carbocycles. The van der Waals surface area contributed by atoms with Crippen LogP contribution < -0.4 is 0 Å². The molecule has 2 nitrogen and oxygen atoms in total. The average Bonchev–Trinajstić information content (AvgIpc) is 2.38. The zero-order valence-electron chi connectivity index (χ0n) is 11.5. The van der Waals surface area contributed by atoms with E-state index in [1.807, 2.05) is 13.0 Å². The first-order valence-electron chi connectivity index (χ1n) is 6.67. The number of halogens is 1. The van der Waals surface area contributed by atoms with Crippen LogP contribution in [-0.4, -0.2) is 5.97 Å². The molecule has 0 amide bonds. The fourth-order valence-corrected chi connectivity index (χ4v) is 2.77. The van der Waals surface area contributed by atoms with Gasteiger partial charge in [-0.1, -0.05) is 25.6 Å². The minimum absolute atomic E-state index is 0.284. The second-order valence-electron chi connectivity index (χ2n) is 5.15. The Labute approximate surface area is 113 Å². The maximum atomic E-state index is 14.2. The highest BCUT2D eigenvalue weighted by Crippen LogP contribution is 2.42. The van der Waals surface area contributed by atoms with Gasteiger partial charge in [-0.05, 0) is 44.2 Å². The van der Waals surface area contributed by atoms with Gasteiger partial charge in [0.2, 0.25) is 0 Å². The van der Waals surface area contributed by atoms with Crippen molar-refractivity contribution in [3.8, 4) is 0 Å². The van der Waals surface area contributed by atoms with Gasteiger partial charge < -0.3 is 4.74 Å². The molecule has 19 heavy (non-hydrogen) atoms. The molecule has 0 fully saturated rings. The van der Waals surface area contributed by atoms with Crippen LogP contribution in [0.2, 0.25) is 0 Å². The topological polar surface area (TPSA) is 26.3 Å². The normalized spacial score (nSPS) is 21.6. The largest absolute Gasteiger partial charge is 0.451 e. The number of aryl methyl sites for hydroxylation is 1. The summed E-state index contributed by atoms with van der Waals surface area (Å²) in [6.07, 6.45) is 2.96. The fourth-order valence-electron chi connectivity index (χ4n) is 2.77. The molecule has 0 bridgehead atoms. The van der Waals surface area contributed by atoms with Crippen LogP contribution in [0.4, 0.5) is 4.39 Å². The predicted octanol–water partition coefficient (Wildman–Crippen LogP) is 3.89. The van der Waals surface area contributed by atoms with Crippen molar-refractivity contribution < 1.29 is 13.9 Å². The highest BCUT2D eigenvalue weighted by Gasteiger charge is 2.40. The number of fused-ring (bicyclic) bond motifs is 1. The van der Waals surface area contributed by atoms with Crippen LogP contribution in [0.25, 0.3) is 0 Å². The van der Waals surface area contributed by atoms with Crippen molar-refractivity contribution in [1.29, 1.82) is 0 Å². The van der Waals surface area contributed by atoms with Gasteiger partial charge in [-0.2, -0.15) is 0 Å². The Morgan fingerprint density at radius 1 is 1.53 bits per heavy atom. The Morgan fingerprint density at radius 3 is 2.89 bits per heavy atom. The molecule has 1 aliphatic rings. The highest BCUT2D eigenvalue weighted by atomic mass is 19.1. The first-order valence-corrected chi connectivity index (χ1v) is 6.67. The summed E-state index contributed by atoms with van der Waals surface area (Å²) in [6, 6.07) is 5.06. The molecule has 1 unspecified atom stereocenters. The summed E-state index contributed by atoms with van der Waals surface area (Å²) in [5.74, 6) is -0.730. The summed E-state index contributed by atoms with van der Waals surface area (Å²) in [7, 11) is 0. The van der Waals surface area contributed by atoms with Gasteiger partial charge in [-0.15, -0.1) is 0 Å². The molecule has 0 saturated heterocycles. The molecule has 0 heterocycles. The third-order valence-electron chi connectivity index (χ3n) is 3.79. The SMILES string of the molecule is C=C(C)C(=O)OC1(CC)CCCc2cccc(F)c21. The number of carbonyl (C=O) groups excluding carboxylic acids is 1. The Balaban J connectivity index is 2.48. The van der Waals surface area contributed by atoms with Gasteiger partial charge in [0.1, 0.15) is 11.4 Å². The number of hydrogen-bond donors (Lipinski definition) is 0. The smallest absolute Gasteiger partial charge is 0.334 e. The van der Waals surface area contributed by atoms with Gasteiger partial charge in [0.05, 0.1) is 0 Å². The fraction of sp³-hybridized carbons (Fsp3) is 0.438. The van der Waals surface area contributed by atoms with E-state index in [-0.39, 0.29) is 5.82 Å². The minimum Gasteiger partial charge on any atom is -0.451 e. The number of rotatable bonds is 3. The molecule has 0 spiro atoms. The molecule has 1 aromatic rings. The lowest BCUT2D eigenvalue weighted by Crippen LogP contribution is -2.36. The summed E-state index contributed by atoms with van der Waals surface area (Å²) in [5.41, 5.74) is 1.01. The predicted molar refractivity (Wildman–Crippen MR) is 72.2 cm³/mol. The van der Waals surface area contributed by atoms with Crippen molar-refractivity contribution >= 4 is 5.97 Å². The molecule has 102 valence electrons. The van der Waals surface area contributed by atoms with Crippen LogP contribution >= 0.6 is 0 Å². The van der Waals surface area contributed by atoms with Gasteiger partial charge in [-0.3, -0.25) is 0 Å². The Hall–Kier alpha value is -1.64. The van der Waals surface area contributed by atoms with Crippen molar-refractivity contribution in [2.75, 3.05) is 0 Å². The monoisotopic (exact) mass is 262 g/mol.